The number of nitroso groups, excluding NO2 is 1. The molecule has 1 aliphatic rings. The van der Waals surface area contributed by atoms with E-state index in [1.165, 1.54) is 58.6 Å². The monoisotopic (exact) mass is 749 g/mol. The van der Waals surface area contributed by atoms with Crippen LogP contribution in [-0.2, 0) is 20.4 Å². The van der Waals surface area contributed by atoms with Crippen LogP contribution in [0, 0.1) is 17.2 Å². The van der Waals surface area contributed by atoms with E-state index < -0.39 is 15.8 Å². The predicted molar refractivity (Wildman–Crippen MR) is 179 cm³/mol. The Kier molecular flexibility index (Phi) is 17.6. The molecule has 0 aliphatic heterocycles. The third-order valence-electron chi connectivity index (χ3n) is 6.43. The number of benzene rings is 5. The number of rotatable bonds is 5. The van der Waals surface area contributed by atoms with E-state index in [9.17, 15) is 0 Å². The van der Waals surface area contributed by atoms with E-state index >= 15 is 0 Å². The first-order chi connectivity index (χ1) is 19.8. The molecular weight excluding hydrogens is 711 g/mol. The van der Waals surface area contributed by atoms with Gasteiger partial charge in [0.2, 0.25) is 0 Å². The average molecular weight is 749 g/mol. The quantitative estimate of drug-likeness (QED) is 0.109. The van der Waals surface area contributed by atoms with Gasteiger partial charge in [-0.3, -0.25) is 0 Å². The van der Waals surface area contributed by atoms with Gasteiger partial charge in [-0.15, -0.1) is 0 Å². The maximum absolute atomic E-state index is 7.50. The Hall–Kier alpha value is -2.78. The molecule has 2 nitrogen and oxygen atoms in total. The first-order valence-electron chi connectivity index (χ1n) is 13.7. The maximum atomic E-state index is 7.50. The molecule has 1 N–H and O–H groups in total. The van der Waals surface area contributed by atoms with Crippen molar-refractivity contribution in [2.75, 3.05) is 0 Å². The van der Waals surface area contributed by atoms with E-state index in [0.29, 0.717) is 0 Å². The molecule has 0 aromatic heterocycles. The standard InChI is InChI=1S/C18H15P.C13H12P.C5H10.HNO.Re/c1-4-10-16(11-5-1)19(17-12-6-2-7-13-17)18-14-8-3-9-15-18;1-14(12-8-4-2-5-9-12)13-10-6-3-7-11-13;1-2-4-5-3-1;1-2;/h1-15H;2-11H,1H2;1-5H2;1H;/q;-1;;;. The molecule has 1 fully saturated rings. The summed E-state index contributed by atoms with van der Waals surface area (Å²) in [6.45, 7) is 4.24. The Morgan fingerprint density at radius 3 is 0.805 bits per heavy atom. The zero-order valence-electron chi connectivity index (χ0n) is 23.4. The van der Waals surface area contributed by atoms with Gasteiger partial charge in [0, 0.05) is 20.4 Å². The molecule has 1 radical (unpaired) electrons. The summed E-state index contributed by atoms with van der Waals surface area (Å²) in [5.74, 6) is 0. The van der Waals surface area contributed by atoms with Gasteiger partial charge in [-0.25, -0.2) is 7.92 Å². The van der Waals surface area contributed by atoms with E-state index in [1.807, 2.05) is 12.1 Å². The Labute approximate surface area is 262 Å². The zero-order valence-corrected chi connectivity index (χ0v) is 27.9. The Bertz CT molecular complexity index is 1170. The van der Waals surface area contributed by atoms with Crippen molar-refractivity contribution in [2.24, 2.45) is 0 Å². The second kappa shape index (κ2) is 21.0. The van der Waals surface area contributed by atoms with Crippen LogP contribution >= 0.6 is 15.8 Å². The van der Waals surface area contributed by atoms with Crippen molar-refractivity contribution >= 4 is 42.4 Å². The SMILES string of the molecule is C1CCCC1.N=O.[CH2-]P(c1ccccc1)c1ccccc1.[Re].c1ccc(P(c2ccccc2)c2ccccc2)cc1. The van der Waals surface area contributed by atoms with Gasteiger partial charge in [-0.05, 0) is 23.8 Å². The minimum atomic E-state index is -0.446. The van der Waals surface area contributed by atoms with Crippen molar-refractivity contribution < 1.29 is 20.4 Å². The van der Waals surface area contributed by atoms with E-state index in [4.69, 9.17) is 4.91 Å². The van der Waals surface area contributed by atoms with Crippen molar-refractivity contribution in [3.8, 4) is 0 Å². The van der Waals surface area contributed by atoms with Crippen molar-refractivity contribution in [3.05, 3.63) is 163 Å². The average Bonchev–Trinajstić information content (AvgIpc) is 3.65. The van der Waals surface area contributed by atoms with Gasteiger partial charge in [0.25, 0.3) is 0 Å². The maximum Gasteiger partial charge on any atom is 0 e. The minimum Gasteiger partial charge on any atom is -0.308 e. The summed E-state index contributed by atoms with van der Waals surface area (Å²) < 4.78 is 0. The normalized spacial score (nSPS) is 11.5. The third-order valence-corrected chi connectivity index (χ3v) is 10.7. The summed E-state index contributed by atoms with van der Waals surface area (Å²) in [7, 11) is -0.867. The fourth-order valence-corrected chi connectivity index (χ4v) is 8.09. The zero-order chi connectivity index (χ0) is 28.3. The predicted octanol–water partition coefficient (Wildman–Crippen LogP) is 8.64. The number of hydrogen-bond donors (Lipinski definition) is 1. The van der Waals surface area contributed by atoms with Gasteiger partial charge in [0.1, 0.15) is 0 Å². The molecule has 0 saturated heterocycles. The van der Waals surface area contributed by atoms with Crippen molar-refractivity contribution in [1.29, 1.82) is 5.59 Å². The van der Waals surface area contributed by atoms with Crippen LogP contribution in [0.25, 0.3) is 0 Å². The second-order valence-electron chi connectivity index (χ2n) is 9.21. The molecule has 1 saturated carbocycles. The van der Waals surface area contributed by atoms with E-state index in [-0.39, 0.29) is 20.4 Å². The summed E-state index contributed by atoms with van der Waals surface area (Å²) >= 11 is 0. The van der Waals surface area contributed by atoms with Gasteiger partial charge in [0.05, 0.1) is 0 Å². The molecule has 0 bridgehead atoms. The minimum absolute atomic E-state index is 0. The first kappa shape index (κ1) is 34.4. The van der Waals surface area contributed by atoms with Crippen LogP contribution in [0.2, 0.25) is 0 Å². The molecule has 0 unspecified atom stereocenters. The van der Waals surface area contributed by atoms with Crippen molar-refractivity contribution in [1.82, 2.24) is 0 Å². The Morgan fingerprint density at radius 1 is 0.390 bits per heavy atom. The van der Waals surface area contributed by atoms with Crippen LogP contribution in [0.4, 0.5) is 0 Å². The molecule has 0 amide bonds. The van der Waals surface area contributed by atoms with Crippen molar-refractivity contribution in [2.45, 2.75) is 32.1 Å². The van der Waals surface area contributed by atoms with Crippen LogP contribution in [0.3, 0.4) is 0 Å². The van der Waals surface area contributed by atoms with Crippen LogP contribution in [0.15, 0.2) is 152 Å². The molecule has 5 heteroatoms. The molecule has 5 aromatic rings. The second-order valence-corrected chi connectivity index (χ2v) is 13.3. The van der Waals surface area contributed by atoms with Crippen LogP contribution < -0.4 is 26.5 Å². The van der Waals surface area contributed by atoms with E-state index in [2.05, 4.69) is 152 Å². The summed E-state index contributed by atoms with van der Waals surface area (Å²) in [5, 5.41) is 6.85. The third kappa shape index (κ3) is 11.9. The molecule has 0 spiro atoms. The Balaban J connectivity index is 0.000000234. The smallest absolute Gasteiger partial charge is 0 e. The van der Waals surface area contributed by atoms with Crippen LogP contribution in [0.5, 0.6) is 0 Å². The van der Waals surface area contributed by atoms with E-state index in [1.54, 1.807) is 0 Å². The Morgan fingerprint density at radius 2 is 0.585 bits per heavy atom. The fraction of sp³-hybridized carbons (Fsp3) is 0.139. The molecule has 41 heavy (non-hydrogen) atoms. The molecule has 1 aliphatic carbocycles. The summed E-state index contributed by atoms with van der Waals surface area (Å²) in [5.41, 5.74) is 4.50. The van der Waals surface area contributed by atoms with Crippen molar-refractivity contribution in [3.63, 3.8) is 0 Å². The summed E-state index contributed by atoms with van der Waals surface area (Å²) in [6, 6.07) is 53.3. The van der Waals surface area contributed by atoms with E-state index in [0.717, 1.165) is 0 Å². The van der Waals surface area contributed by atoms with Gasteiger partial charge in [-0.1, -0.05) is 200 Å². The van der Waals surface area contributed by atoms with Gasteiger partial charge in [0.15, 0.2) is 0 Å². The molecular formula is C36H38NOP2Re-. The molecule has 6 rings (SSSR count). The summed E-state index contributed by atoms with van der Waals surface area (Å²) in [6.07, 6.45) is 7.50. The van der Waals surface area contributed by atoms with Crippen LogP contribution in [0.1, 0.15) is 32.1 Å². The van der Waals surface area contributed by atoms with Gasteiger partial charge < -0.3 is 6.66 Å². The molecule has 5 aromatic carbocycles. The van der Waals surface area contributed by atoms with Crippen LogP contribution in [-0.4, -0.2) is 0 Å². The number of nitrogens with one attached hydrogen (secondary N) is 1. The van der Waals surface area contributed by atoms with Gasteiger partial charge in [-0.2, -0.15) is 4.91 Å². The number of hydrogen-bond acceptors (Lipinski definition) is 2. The van der Waals surface area contributed by atoms with Gasteiger partial charge >= 0.3 is 0 Å². The molecule has 211 valence electrons. The fourth-order valence-electron chi connectivity index (χ4n) is 4.43. The largest absolute Gasteiger partial charge is 0.308 e. The molecule has 0 atom stereocenters. The summed E-state index contributed by atoms with van der Waals surface area (Å²) in [4.78, 5) is 7.50. The first-order valence-corrected chi connectivity index (χ1v) is 16.6. The topological polar surface area (TPSA) is 40.9 Å². The molecule has 0 heterocycles.